The number of hydrogen-bond donors (Lipinski definition) is 1. The van der Waals surface area contributed by atoms with Crippen molar-refractivity contribution in [1.29, 1.82) is 0 Å². The zero-order chi connectivity index (χ0) is 19.0. The zero-order valence-electron chi connectivity index (χ0n) is 15.6. The molecule has 0 aromatic carbocycles. The Balaban J connectivity index is 1.75. The van der Waals surface area contributed by atoms with Gasteiger partial charge in [0, 0.05) is 22.1 Å². The number of hydrogen-bond acceptors (Lipinski definition) is 5. The van der Waals surface area contributed by atoms with E-state index in [2.05, 4.69) is 15.1 Å². The van der Waals surface area contributed by atoms with Crippen LogP contribution in [0.25, 0.3) is 5.78 Å². The van der Waals surface area contributed by atoms with Gasteiger partial charge in [0.1, 0.15) is 0 Å². The highest BCUT2D eigenvalue weighted by molar-refractivity contribution is 7.09. The summed E-state index contributed by atoms with van der Waals surface area (Å²) in [4.78, 5) is 37.4. The van der Waals surface area contributed by atoms with E-state index < -0.39 is 0 Å². The average molecular weight is 385 g/mol. The van der Waals surface area contributed by atoms with Gasteiger partial charge in [0.05, 0.1) is 6.54 Å². The van der Waals surface area contributed by atoms with Gasteiger partial charge in [-0.1, -0.05) is 25.3 Å². The van der Waals surface area contributed by atoms with E-state index in [0.29, 0.717) is 29.5 Å². The maximum Gasteiger partial charge on any atom is 0.277 e. The number of aryl methyl sites for hydroxylation is 1. The SMILES string of the molecule is Cc1nc2nc(N(Cc3cccs3)C(=O)C3CCCCC3)[nH]n2c(=O)c1C. The van der Waals surface area contributed by atoms with E-state index in [1.807, 2.05) is 17.5 Å². The molecule has 1 aliphatic rings. The van der Waals surface area contributed by atoms with E-state index in [0.717, 1.165) is 30.6 Å². The molecule has 1 aliphatic carbocycles. The first-order valence-corrected chi connectivity index (χ1v) is 10.2. The number of rotatable bonds is 4. The van der Waals surface area contributed by atoms with Crippen LogP contribution in [0.5, 0.6) is 0 Å². The van der Waals surface area contributed by atoms with E-state index in [1.54, 1.807) is 30.1 Å². The van der Waals surface area contributed by atoms with E-state index in [9.17, 15) is 9.59 Å². The molecule has 3 aromatic heterocycles. The second-order valence-corrected chi connectivity index (χ2v) is 8.18. The second kappa shape index (κ2) is 7.26. The van der Waals surface area contributed by atoms with Crippen LogP contribution in [-0.4, -0.2) is 25.5 Å². The molecule has 7 nitrogen and oxygen atoms in total. The van der Waals surface area contributed by atoms with Gasteiger partial charge >= 0.3 is 0 Å². The van der Waals surface area contributed by atoms with Gasteiger partial charge in [-0.05, 0) is 38.1 Å². The summed E-state index contributed by atoms with van der Waals surface area (Å²) in [5, 5.41) is 5.00. The summed E-state index contributed by atoms with van der Waals surface area (Å²) in [5.74, 6) is 0.767. The Morgan fingerprint density at radius 3 is 2.78 bits per heavy atom. The monoisotopic (exact) mass is 385 g/mol. The lowest BCUT2D eigenvalue weighted by Crippen LogP contribution is -2.37. The van der Waals surface area contributed by atoms with E-state index in [-0.39, 0.29) is 17.4 Å². The Bertz CT molecular complexity index is 1010. The largest absolute Gasteiger partial charge is 0.277 e. The zero-order valence-corrected chi connectivity index (χ0v) is 16.4. The summed E-state index contributed by atoms with van der Waals surface area (Å²) in [6.07, 6.45) is 5.19. The van der Waals surface area contributed by atoms with Crippen LogP contribution in [-0.2, 0) is 11.3 Å². The summed E-state index contributed by atoms with van der Waals surface area (Å²) in [5.41, 5.74) is 1.05. The number of aromatic nitrogens is 4. The fourth-order valence-electron chi connectivity index (χ4n) is 3.60. The molecule has 3 heterocycles. The van der Waals surface area contributed by atoms with Crippen molar-refractivity contribution in [1.82, 2.24) is 19.6 Å². The first-order chi connectivity index (χ1) is 13.0. The smallest absolute Gasteiger partial charge is 0.276 e. The summed E-state index contributed by atoms with van der Waals surface area (Å²) in [6, 6.07) is 3.98. The van der Waals surface area contributed by atoms with Gasteiger partial charge in [-0.25, -0.2) is 4.98 Å². The molecule has 27 heavy (non-hydrogen) atoms. The number of nitrogens with one attached hydrogen (secondary N) is 1. The minimum Gasteiger partial charge on any atom is -0.276 e. The van der Waals surface area contributed by atoms with Gasteiger partial charge in [-0.3, -0.25) is 19.6 Å². The number of aromatic amines is 1. The molecular formula is C19H23N5O2S. The molecule has 1 fully saturated rings. The number of carbonyl (C=O) groups excluding carboxylic acids is 1. The number of H-pyrrole nitrogens is 1. The predicted octanol–water partition coefficient (Wildman–Crippen LogP) is 3.21. The van der Waals surface area contributed by atoms with Crippen molar-refractivity contribution in [2.45, 2.75) is 52.5 Å². The maximum atomic E-state index is 13.3. The number of thiophene rings is 1. The fourth-order valence-corrected chi connectivity index (χ4v) is 4.29. The molecule has 3 aromatic rings. The van der Waals surface area contributed by atoms with Crippen LogP contribution >= 0.6 is 11.3 Å². The van der Waals surface area contributed by atoms with Crippen molar-refractivity contribution in [2.75, 3.05) is 4.90 Å². The number of anilines is 1. The van der Waals surface area contributed by atoms with Crippen LogP contribution in [0.1, 0.15) is 48.2 Å². The summed E-state index contributed by atoms with van der Waals surface area (Å²) >= 11 is 1.61. The van der Waals surface area contributed by atoms with Gasteiger partial charge in [0.2, 0.25) is 11.9 Å². The summed E-state index contributed by atoms with van der Waals surface area (Å²) in [6.45, 7) is 3.98. The van der Waals surface area contributed by atoms with Crippen molar-refractivity contribution in [3.63, 3.8) is 0 Å². The molecule has 0 spiro atoms. The summed E-state index contributed by atoms with van der Waals surface area (Å²) in [7, 11) is 0. The first-order valence-electron chi connectivity index (χ1n) is 9.34. The Labute approximate surface area is 161 Å². The normalized spacial score (nSPS) is 15.3. The number of nitrogens with zero attached hydrogens (tertiary/aromatic N) is 4. The quantitative estimate of drug-likeness (QED) is 0.747. The third kappa shape index (κ3) is 3.41. The van der Waals surface area contributed by atoms with Crippen LogP contribution in [0.15, 0.2) is 22.3 Å². The molecule has 0 bridgehead atoms. The lowest BCUT2D eigenvalue weighted by atomic mass is 9.88. The van der Waals surface area contributed by atoms with Crippen LogP contribution < -0.4 is 10.5 Å². The molecule has 0 saturated heterocycles. The molecule has 1 N–H and O–H groups in total. The topological polar surface area (TPSA) is 83.4 Å². The van der Waals surface area contributed by atoms with E-state index in [1.165, 1.54) is 10.9 Å². The fraction of sp³-hybridized carbons (Fsp3) is 0.474. The maximum absolute atomic E-state index is 13.3. The van der Waals surface area contributed by atoms with E-state index in [4.69, 9.17) is 0 Å². The molecule has 1 amide bonds. The van der Waals surface area contributed by atoms with Gasteiger partial charge in [0.15, 0.2) is 0 Å². The number of fused-ring (bicyclic) bond motifs is 1. The second-order valence-electron chi connectivity index (χ2n) is 7.15. The van der Waals surface area contributed by atoms with Gasteiger partial charge in [-0.15, -0.1) is 11.3 Å². The van der Waals surface area contributed by atoms with E-state index >= 15 is 0 Å². The van der Waals surface area contributed by atoms with Crippen LogP contribution in [0, 0.1) is 19.8 Å². The first kappa shape index (κ1) is 17.9. The average Bonchev–Trinajstić information content (AvgIpc) is 3.34. The highest BCUT2D eigenvalue weighted by Crippen LogP contribution is 2.28. The molecule has 4 rings (SSSR count). The minimum absolute atomic E-state index is 0.0140. The standard InChI is InChI=1S/C19H23N5O2S/c1-12-13(2)20-18-21-19(22-24(18)16(12)25)23(11-15-9-6-10-27-15)17(26)14-7-4-3-5-8-14/h6,9-10,14H,3-5,7-8,11H2,1-2H3,(H,20,21,22). The Morgan fingerprint density at radius 1 is 1.30 bits per heavy atom. The molecule has 0 unspecified atom stereocenters. The van der Waals surface area contributed by atoms with Gasteiger partial charge < -0.3 is 0 Å². The summed E-state index contributed by atoms with van der Waals surface area (Å²) < 4.78 is 1.33. The Kier molecular flexibility index (Phi) is 4.82. The Hall–Kier alpha value is -2.48. The highest BCUT2D eigenvalue weighted by atomic mass is 32.1. The van der Waals surface area contributed by atoms with Crippen molar-refractivity contribution >= 4 is 29.0 Å². The molecule has 0 atom stereocenters. The van der Waals surface area contributed by atoms with Crippen molar-refractivity contribution < 1.29 is 4.79 Å². The third-order valence-corrected chi connectivity index (χ3v) is 6.18. The van der Waals surface area contributed by atoms with Crippen LogP contribution in [0.2, 0.25) is 0 Å². The van der Waals surface area contributed by atoms with Crippen molar-refractivity contribution in [3.05, 3.63) is 44.0 Å². The van der Waals surface area contributed by atoms with Gasteiger partial charge in [0.25, 0.3) is 11.3 Å². The number of carbonyl (C=O) groups is 1. The lowest BCUT2D eigenvalue weighted by Gasteiger charge is -2.27. The highest BCUT2D eigenvalue weighted by Gasteiger charge is 2.29. The van der Waals surface area contributed by atoms with Crippen molar-refractivity contribution in [2.24, 2.45) is 5.92 Å². The molecule has 8 heteroatoms. The Morgan fingerprint density at radius 2 is 2.07 bits per heavy atom. The van der Waals surface area contributed by atoms with Gasteiger partial charge in [-0.2, -0.15) is 9.50 Å². The lowest BCUT2D eigenvalue weighted by molar-refractivity contribution is -0.123. The molecule has 142 valence electrons. The third-order valence-electron chi connectivity index (χ3n) is 5.32. The van der Waals surface area contributed by atoms with Crippen LogP contribution in [0.3, 0.4) is 0 Å². The molecule has 0 radical (unpaired) electrons. The molecule has 1 saturated carbocycles. The predicted molar refractivity (Wildman–Crippen MR) is 105 cm³/mol. The molecular weight excluding hydrogens is 362 g/mol. The van der Waals surface area contributed by atoms with Crippen LogP contribution in [0.4, 0.5) is 5.95 Å². The minimum atomic E-state index is -0.183. The molecule has 0 aliphatic heterocycles. The number of amides is 1. The van der Waals surface area contributed by atoms with Crippen molar-refractivity contribution in [3.8, 4) is 0 Å².